The van der Waals surface area contributed by atoms with Crippen molar-refractivity contribution in [3.05, 3.63) is 29.8 Å². The number of ether oxygens (including phenoxy) is 1. The Morgan fingerprint density at radius 2 is 1.88 bits per heavy atom. The van der Waals surface area contributed by atoms with Gasteiger partial charge in [-0.25, -0.2) is 0 Å². The SMILES string of the molecule is BNc1ccc(COC(=O)C(C)(C)C)cc1. The van der Waals surface area contributed by atoms with E-state index in [4.69, 9.17) is 4.74 Å². The molecule has 0 aromatic heterocycles. The lowest BCUT2D eigenvalue weighted by Gasteiger charge is -2.16. The maximum Gasteiger partial charge on any atom is 0.311 e. The first kappa shape index (κ1) is 12.6. The number of carbonyl (C=O) groups is 1. The normalized spacial score (nSPS) is 10.9. The minimum atomic E-state index is -0.440. The summed E-state index contributed by atoms with van der Waals surface area (Å²) < 4.78 is 5.21. The molecule has 16 heavy (non-hydrogen) atoms. The summed E-state index contributed by atoms with van der Waals surface area (Å²) in [6.07, 6.45) is 0. The molecule has 3 nitrogen and oxygen atoms in total. The summed E-state index contributed by atoms with van der Waals surface area (Å²) >= 11 is 0. The fourth-order valence-corrected chi connectivity index (χ4v) is 1.13. The lowest BCUT2D eigenvalue weighted by Crippen LogP contribution is -2.22. The Morgan fingerprint density at radius 3 is 2.31 bits per heavy atom. The average Bonchev–Trinajstić information content (AvgIpc) is 2.25. The zero-order valence-corrected chi connectivity index (χ0v) is 10.3. The van der Waals surface area contributed by atoms with Gasteiger partial charge in [0.05, 0.1) is 5.41 Å². The van der Waals surface area contributed by atoms with Crippen LogP contribution in [-0.4, -0.2) is 14.0 Å². The van der Waals surface area contributed by atoms with Crippen molar-refractivity contribution in [3.8, 4) is 0 Å². The van der Waals surface area contributed by atoms with Gasteiger partial charge in [-0.15, -0.1) is 0 Å². The molecule has 0 radical (unpaired) electrons. The van der Waals surface area contributed by atoms with Crippen molar-refractivity contribution in [1.82, 2.24) is 0 Å². The van der Waals surface area contributed by atoms with E-state index in [2.05, 4.69) is 5.23 Å². The van der Waals surface area contributed by atoms with E-state index in [1.54, 1.807) is 0 Å². The first-order valence-electron chi connectivity index (χ1n) is 5.37. The summed E-state index contributed by atoms with van der Waals surface area (Å²) in [5.74, 6) is -0.176. The predicted octanol–water partition coefficient (Wildman–Crippen LogP) is 1.74. The third-order valence-corrected chi connectivity index (χ3v) is 2.22. The van der Waals surface area contributed by atoms with Crippen LogP contribution in [0.5, 0.6) is 0 Å². The first-order valence-corrected chi connectivity index (χ1v) is 5.37. The van der Waals surface area contributed by atoms with Gasteiger partial charge in [0, 0.05) is 5.69 Å². The summed E-state index contributed by atoms with van der Waals surface area (Å²) in [5.41, 5.74) is 1.60. The van der Waals surface area contributed by atoms with Crippen molar-refractivity contribution in [2.24, 2.45) is 5.41 Å². The van der Waals surface area contributed by atoms with Crippen LogP contribution in [0.2, 0.25) is 0 Å². The van der Waals surface area contributed by atoms with Crippen LogP contribution in [0.4, 0.5) is 5.69 Å². The number of hydrogen-bond donors (Lipinski definition) is 1. The van der Waals surface area contributed by atoms with E-state index in [-0.39, 0.29) is 5.97 Å². The second-order valence-electron chi connectivity index (χ2n) is 4.77. The van der Waals surface area contributed by atoms with Gasteiger partial charge in [-0.3, -0.25) is 4.79 Å². The van der Waals surface area contributed by atoms with Gasteiger partial charge < -0.3 is 9.96 Å². The van der Waals surface area contributed by atoms with E-state index in [1.807, 2.05) is 53.0 Å². The van der Waals surface area contributed by atoms with Crippen LogP contribution >= 0.6 is 0 Å². The smallest absolute Gasteiger partial charge is 0.311 e. The van der Waals surface area contributed by atoms with E-state index < -0.39 is 5.41 Å². The second kappa shape index (κ2) is 5.06. The van der Waals surface area contributed by atoms with E-state index in [0.29, 0.717) is 6.61 Å². The van der Waals surface area contributed by atoms with Gasteiger partial charge in [-0.1, -0.05) is 12.1 Å². The Bertz CT molecular complexity index is 354. The first-order chi connectivity index (χ1) is 7.43. The molecule has 86 valence electrons. The topological polar surface area (TPSA) is 38.3 Å². The zero-order valence-electron chi connectivity index (χ0n) is 10.3. The van der Waals surface area contributed by atoms with Gasteiger partial charge >= 0.3 is 5.97 Å². The fraction of sp³-hybridized carbons (Fsp3) is 0.417. The highest BCUT2D eigenvalue weighted by Gasteiger charge is 2.22. The third kappa shape index (κ3) is 3.61. The Hall–Kier alpha value is -1.45. The molecule has 0 atom stereocenters. The third-order valence-electron chi connectivity index (χ3n) is 2.22. The van der Waals surface area contributed by atoms with Crippen LogP contribution in [0.1, 0.15) is 26.3 Å². The van der Waals surface area contributed by atoms with Crippen LogP contribution < -0.4 is 5.23 Å². The van der Waals surface area contributed by atoms with Crippen molar-refractivity contribution in [3.63, 3.8) is 0 Å². The van der Waals surface area contributed by atoms with Crippen LogP contribution in [0.15, 0.2) is 24.3 Å². The monoisotopic (exact) mass is 219 g/mol. The van der Waals surface area contributed by atoms with Gasteiger partial charge in [0.1, 0.15) is 6.61 Å². The van der Waals surface area contributed by atoms with Gasteiger partial charge in [0.25, 0.3) is 0 Å². The number of benzene rings is 1. The highest BCUT2D eigenvalue weighted by Crippen LogP contribution is 2.17. The number of esters is 1. The molecular formula is C12H18BNO2. The molecule has 1 aromatic carbocycles. The van der Waals surface area contributed by atoms with E-state index >= 15 is 0 Å². The quantitative estimate of drug-likeness (QED) is 0.621. The molecule has 0 saturated carbocycles. The van der Waals surface area contributed by atoms with Crippen molar-refractivity contribution >= 4 is 19.6 Å². The summed E-state index contributed by atoms with van der Waals surface area (Å²) in [6.45, 7) is 5.87. The number of nitrogens with one attached hydrogen (secondary N) is 1. The predicted molar refractivity (Wildman–Crippen MR) is 67.9 cm³/mol. The lowest BCUT2D eigenvalue weighted by atomic mass is 9.97. The Kier molecular flexibility index (Phi) is 3.99. The molecule has 1 aromatic rings. The van der Waals surface area contributed by atoms with Crippen LogP contribution in [-0.2, 0) is 16.1 Å². The average molecular weight is 219 g/mol. The molecule has 1 rings (SSSR count). The van der Waals surface area contributed by atoms with E-state index in [9.17, 15) is 4.79 Å². The van der Waals surface area contributed by atoms with E-state index in [0.717, 1.165) is 11.3 Å². The number of hydrogen-bond acceptors (Lipinski definition) is 3. The molecule has 0 aliphatic heterocycles. The molecule has 0 bridgehead atoms. The summed E-state index contributed by atoms with van der Waals surface area (Å²) in [5, 5.41) is 3.04. The number of rotatable bonds is 3. The van der Waals surface area contributed by atoms with Gasteiger partial charge in [0.2, 0.25) is 7.98 Å². The minimum absolute atomic E-state index is 0.176. The van der Waals surface area contributed by atoms with Crippen LogP contribution in [0.3, 0.4) is 0 Å². The molecule has 0 spiro atoms. The molecule has 0 unspecified atom stereocenters. The molecule has 0 heterocycles. The molecule has 0 saturated heterocycles. The van der Waals surface area contributed by atoms with E-state index in [1.165, 1.54) is 0 Å². The van der Waals surface area contributed by atoms with Crippen molar-refractivity contribution in [2.45, 2.75) is 27.4 Å². The summed E-state index contributed by atoms with van der Waals surface area (Å²) in [4.78, 5) is 11.5. The molecule has 0 aliphatic carbocycles. The van der Waals surface area contributed by atoms with Gasteiger partial charge in [0.15, 0.2) is 0 Å². The Labute approximate surface area is 97.6 Å². The molecule has 0 amide bonds. The zero-order chi connectivity index (χ0) is 12.2. The highest BCUT2D eigenvalue weighted by atomic mass is 16.5. The Morgan fingerprint density at radius 1 is 1.31 bits per heavy atom. The second-order valence-corrected chi connectivity index (χ2v) is 4.77. The fourth-order valence-electron chi connectivity index (χ4n) is 1.13. The van der Waals surface area contributed by atoms with Crippen LogP contribution in [0, 0.1) is 5.41 Å². The van der Waals surface area contributed by atoms with Crippen LogP contribution in [0.25, 0.3) is 0 Å². The molecule has 0 fully saturated rings. The molecular weight excluding hydrogens is 201 g/mol. The van der Waals surface area contributed by atoms with Gasteiger partial charge in [-0.05, 0) is 38.5 Å². The molecule has 1 N–H and O–H groups in total. The molecule has 0 aliphatic rings. The summed E-state index contributed by atoms with van der Waals surface area (Å²) in [7, 11) is 1.87. The van der Waals surface area contributed by atoms with Crippen molar-refractivity contribution in [2.75, 3.05) is 5.23 Å². The number of carbonyl (C=O) groups excluding carboxylic acids is 1. The van der Waals surface area contributed by atoms with Crippen molar-refractivity contribution in [1.29, 1.82) is 0 Å². The highest BCUT2D eigenvalue weighted by molar-refractivity contribution is 6.15. The largest absolute Gasteiger partial charge is 0.460 e. The number of anilines is 1. The van der Waals surface area contributed by atoms with Crippen molar-refractivity contribution < 1.29 is 9.53 Å². The lowest BCUT2D eigenvalue weighted by molar-refractivity contribution is -0.154. The molecule has 4 heteroatoms. The minimum Gasteiger partial charge on any atom is -0.460 e. The maximum absolute atomic E-state index is 11.5. The Balaban J connectivity index is 2.52. The standard InChI is InChI=1S/C12H18BNO2/c1-12(2,3)11(15)16-8-9-4-6-10(14-13)7-5-9/h4-7,14H,8,13H2,1-3H3. The summed E-state index contributed by atoms with van der Waals surface area (Å²) in [6, 6.07) is 7.81. The maximum atomic E-state index is 11.5. The van der Waals surface area contributed by atoms with Gasteiger partial charge in [-0.2, -0.15) is 0 Å².